The molecule has 0 saturated carbocycles. The average Bonchev–Trinajstić information content (AvgIpc) is 2.31. The molecule has 0 saturated heterocycles. The van der Waals surface area contributed by atoms with Gasteiger partial charge in [0.1, 0.15) is 11.9 Å². The van der Waals surface area contributed by atoms with Crippen LogP contribution in [0.1, 0.15) is 26.7 Å². The molecular weight excluding hydrogens is 379 g/mol. The van der Waals surface area contributed by atoms with Gasteiger partial charge in [0.2, 0.25) is 0 Å². The minimum atomic E-state index is -3.34. The van der Waals surface area contributed by atoms with Crippen LogP contribution >= 0.6 is 0 Å². The van der Waals surface area contributed by atoms with E-state index in [4.69, 9.17) is 19.8 Å². The zero-order chi connectivity index (χ0) is 15.8. The Kier molecular flexibility index (Phi) is 21.6. The molecule has 0 unspecified atom stereocenters. The van der Waals surface area contributed by atoms with E-state index in [1.807, 2.05) is 0 Å². The Bertz CT molecular complexity index is 206. The third kappa shape index (κ3) is 31.8. The van der Waals surface area contributed by atoms with Gasteiger partial charge >= 0.3 is 56.7 Å². The van der Waals surface area contributed by atoms with Crippen molar-refractivity contribution in [2.75, 3.05) is 0 Å². The standard InChI is InChI=1S/2C3H7.2C2H2F2O2.Sn/c2*1-3-2;2*3-1(4)2(5)6;/h2*1,3H2,2H3;2*1H,(H,5,6);/q;;;;+2/p-2. The molecular formula is C10H16F4O4Sn. The van der Waals surface area contributed by atoms with Crippen molar-refractivity contribution in [1.82, 2.24) is 0 Å². The third-order valence-corrected chi connectivity index (χ3v) is 6.08. The molecule has 0 aliphatic carbocycles. The van der Waals surface area contributed by atoms with Gasteiger partial charge < -0.3 is 19.8 Å². The number of carboxylic acid groups (broad SMARTS) is 2. The van der Waals surface area contributed by atoms with Gasteiger partial charge in [0.25, 0.3) is 12.9 Å². The minimum absolute atomic E-state index is 0.181. The summed E-state index contributed by atoms with van der Waals surface area (Å²) in [5, 5.41) is 17.7. The summed E-state index contributed by atoms with van der Waals surface area (Å²) in [6.45, 7) is 4.58. The molecule has 0 atom stereocenters. The molecule has 0 aromatic rings. The van der Waals surface area contributed by atoms with Crippen LogP contribution in [0.4, 0.5) is 17.6 Å². The molecule has 0 spiro atoms. The summed E-state index contributed by atoms with van der Waals surface area (Å²) in [6, 6.07) is 0. The molecule has 112 valence electrons. The SMILES string of the molecule is CC[CH2][Sn+2][CH2]CC.O=C([O-])C(F)F.O=C([O-])C(F)F. The molecule has 0 rings (SSSR count). The van der Waals surface area contributed by atoms with Crippen molar-refractivity contribution in [3.8, 4) is 0 Å². The van der Waals surface area contributed by atoms with Crippen molar-refractivity contribution in [2.45, 2.75) is 48.4 Å². The van der Waals surface area contributed by atoms with Crippen molar-refractivity contribution in [2.24, 2.45) is 0 Å². The summed E-state index contributed by atoms with van der Waals surface area (Å²) < 4.78 is 45.2. The Morgan fingerprint density at radius 1 is 0.895 bits per heavy atom. The predicted molar refractivity (Wildman–Crippen MR) is 58.0 cm³/mol. The average molecular weight is 395 g/mol. The molecule has 0 N–H and O–H groups in total. The van der Waals surface area contributed by atoms with Crippen LogP contribution in [0.5, 0.6) is 0 Å². The largest absolute Gasteiger partial charge is 0.544 e. The fourth-order valence-electron chi connectivity index (χ4n) is 0.479. The second-order valence-corrected chi connectivity index (χ2v) is 7.27. The Morgan fingerprint density at radius 3 is 1.21 bits per heavy atom. The van der Waals surface area contributed by atoms with Gasteiger partial charge in [-0.25, -0.2) is 17.6 Å². The van der Waals surface area contributed by atoms with Gasteiger partial charge in [-0.1, -0.05) is 0 Å². The normalized spacial score (nSPS) is 8.84. The quantitative estimate of drug-likeness (QED) is 0.370. The molecule has 19 heavy (non-hydrogen) atoms. The van der Waals surface area contributed by atoms with Crippen LogP contribution in [0.15, 0.2) is 0 Å². The van der Waals surface area contributed by atoms with Crippen molar-refractivity contribution >= 4 is 33.1 Å². The molecule has 0 aliphatic heterocycles. The Hall–Kier alpha value is -0.541. The molecule has 0 aliphatic rings. The van der Waals surface area contributed by atoms with Gasteiger partial charge in [0.15, 0.2) is 0 Å². The minimum Gasteiger partial charge on any atom is -0.544 e. The number of rotatable bonds is 6. The number of carboxylic acids is 2. The van der Waals surface area contributed by atoms with Crippen LogP contribution in [0.3, 0.4) is 0 Å². The molecule has 0 radical (unpaired) electrons. The summed E-state index contributed by atoms with van der Waals surface area (Å²) in [5.41, 5.74) is 0. The number of aliphatic carboxylic acids is 2. The Labute approximate surface area is 119 Å². The second kappa shape index (κ2) is 17.5. The van der Waals surface area contributed by atoms with E-state index in [2.05, 4.69) is 13.8 Å². The molecule has 0 aromatic carbocycles. The number of hydrogen-bond donors (Lipinski definition) is 0. The first kappa shape index (κ1) is 23.5. The van der Waals surface area contributed by atoms with Gasteiger partial charge in [0.05, 0.1) is 0 Å². The van der Waals surface area contributed by atoms with Crippen LogP contribution in [0, 0.1) is 0 Å². The summed E-state index contributed by atoms with van der Waals surface area (Å²) in [5.74, 6) is -4.65. The molecule has 0 bridgehead atoms. The van der Waals surface area contributed by atoms with E-state index in [9.17, 15) is 17.6 Å². The number of carbonyl (C=O) groups is 2. The zero-order valence-corrected chi connectivity index (χ0v) is 13.5. The Balaban J connectivity index is -0.000000203. The summed E-state index contributed by atoms with van der Waals surface area (Å²) in [7, 11) is 0. The molecule has 4 nitrogen and oxygen atoms in total. The topological polar surface area (TPSA) is 80.3 Å². The summed E-state index contributed by atoms with van der Waals surface area (Å²) in [4.78, 5) is 17.7. The van der Waals surface area contributed by atoms with Crippen molar-refractivity contribution in [3.05, 3.63) is 0 Å². The fourth-order valence-corrected chi connectivity index (χ4v) is 3.21. The van der Waals surface area contributed by atoms with Crippen LogP contribution in [0.2, 0.25) is 8.87 Å². The van der Waals surface area contributed by atoms with Crippen LogP contribution in [-0.4, -0.2) is 45.9 Å². The van der Waals surface area contributed by atoms with E-state index in [0.29, 0.717) is 0 Å². The number of alkyl halides is 4. The number of halogens is 4. The monoisotopic (exact) mass is 396 g/mol. The van der Waals surface area contributed by atoms with Gasteiger partial charge in [-0.15, -0.1) is 0 Å². The van der Waals surface area contributed by atoms with Gasteiger partial charge in [-0.05, 0) is 0 Å². The Morgan fingerprint density at radius 2 is 1.11 bits per heavy atom. The van der Waals surface area contributed by atoms with E-state index in [1.54, 1.807) is 8.87 Å². The van der Waals surface area contributed by atoms with Gasteiger partial charge in [-0.2, -0.15) is 0 Å². The van der Waals surface area contributed by atoms with E-state index in [1.165, 1.54) is 12.8 Å². The first-order chi connectivity index (χ1) is 8.70. The van der Waals surface area contributed by atoms with E-state index < -0.39 is 24.8 Å². The summed E-state index contributed by atoms with van der Waals surface area (Å²) >= 11 is 0.181. The first-order valence-corrected chi connectivity index (χ1v) is 9.42. The van der Waals surface area contributed by atoms with Crippen LogP contribution in [0.25, 0.3) is 0 Å². The number of hydrogen-bond acceptors (Lipinski definition) is 4. The summed E-state index contributed by atoms with van der Waals surface area (Å²) in [6.07, 6.45) is -3.81. The molecule has 0 fully saturated rings. The van der Waals surface area contributed by atoms with Crippen molar-refractivity contribution in [1.29, 1.82) is 0 Å². The molecule has 9 heteroatoms. The van der Waals surface area contributed by atoms with E-state index >= 15 is 0 Å². The molecule has 0 heterocycles. The van der Waals surface area contributed by atoms with Crippen molar-refractivity contribution < 1.29 is 37.4 Å². The third-order valence-electron chi connectivity index (χ3n) is 1.21. The zero-order valence-electron chi connectivity index (χ0n) is 10.6. The maximum absolute atomic E-state index is 10.5. The maximum Gasteiger partial charge on any atom is 0.277 e. The fraction of sp³-hybridized carbons (Fsp3) is 0.800. The van der Waals surface area contributed by atoms with Crippen LogP contribution in [-0.2, 0) is 9.59 Å². The van der Waals surface area contributed by atoms with Crippen LogP contribution < -0.4 is 10.2 Å². The van der Waals surface area contributed by atoms with Gasteiger partial charge in [-0.3, -0.25) is 0 Å². The smallest absolute Gasteiger partial charge is 0.277 e. The van der Waals surface area contributed by atoms with E-state index in [-0.39, 0.29) is 21.1 Å². The molecule has 0 amide bonds. The first-order valence-electron chi connectivity index (χ1n) is 5.39. The van der Waals surface area contributed by atoms with Gasteiger partial charge in [0, 0.05) is 0 Å². The maximum atomic E-state index is 10.5. The molecule has 0 aromatic heterocycles. The number of carbonyl (C=O) groups excluding carboxylic acids is 2. The van der Waals surface area contributed by atoms with E-state index in [0.717, 1.165) is 0 Å². The second-order valence-electron chi connectivity index (χ2n) is 2.99. The predicted octanol–water partition coefficient (Wildman–Crippen LogP) is 0.350. The van der Waals surface area contributed by atoms with Crippen molar-refractivity contribution in [3.63, 3.8) is 0 Å².